The van der Waals surface area contributed by atoms with E-state index in [0.29, 0.717) is 0 Å². The number of aromatic nitrogens is 3. The number of hydrogen-bond acceptors (Lipinski definition) is 7. The quantitative estimate of drug-likeness (QED) is 0.751. The molecular formula is C12H16N4O5S. The molecule has 9 nitrogen and oxygen atoms in total. The first-order valence-electron chi connectivity index (χ1n) is 6.52. The maximum absolute atomic E-state index is 12.4. The van der Waals surface area contributed by atoms with Crippen LogP contribution in [0.5, 0.6) is 0 Å². The fourth-order valence-corrected chi connectivity index (χ4v) is 2.96. The van der Waals surface area contributed by atoms with Gasteiger partial charge in [0.2, 0.25) is 0 Å². The maximum atomic E-state index is 12.4. The van der Waals surface area contributed by atoms with Crippen molar-refractivity contribution in [2.24, 2.45) is 0 Å². The summed E-state index contributed by atoms with van der Waals surface area (Å²) in [5.41, 5.74) is 4.43. The molecule has 0 spiro atoms. The standard InChI is InChI=1S/C12H16N4O5S/c1-4-15-10-8(11(17)16(5-2)12(15)18)9(13)7(6-14-10)22(19,20)21-3/h6H,4-5H2,1-3H3,(H2,13,14). The molecule has 2 aromatic heterocycles. The number of rotatable bonds is 4. The van der Waals surface area contributed by atoms with Gasteiger partial charge in [0.25, 0.3) is 15.7 Å². The molecule has 120 valence electrons. The Bertz CT molecular complexity index is 958. The van der Waals surface area contributed by atoms with Gasteiger partial charge in [0.15, 0.2) is 5.65 Å². The van der Waals surface area contributed by atoms with Crippen LogP contribution in [0.1, 0.15) is 13.8 Å². The van der Waals surface area contributed by atoms with E-state index in [1.807, 2.05) is 0 Å². The number of pyridine rings is 1. The zero-order valence-corrected chi connectivity index (χ0v) is 13.2. The van der Waals surface area contributed by atoms with Gasteiger partial charge >= 0.3 is 5.69 Å². The Labute approximate surface area is 126 Å². The maximum Gasteiger partial charge on any atom is 0.332 e. The Kier molecular flexibility index (Phi) is 4.07. The minimum absolute atomic E-state index is 0.0507. The summed E-state index contributed by atoms with van der Waals surface area (Å²) in [5.74, 6) is 0. The van der Waals surface area contributed by atoms with Gasteiger partial charge in [-0.05, 0) is 13.8 Å². The van der Waals surface area contributed by atoms with Gasteiger partial charge in [-0.15, -0.1) is 0 Å². The minimum atomic E-state index is -4.11. The minimum Gasteiger partial charge on any atom is -0.397 e. The molecule has 22 heavy (non-hydrogen) atoms. The summed E-state index contributed by atoms with van der Waals surface area (Å²) in [5, 5.41) is -0.110. The van der Waals surface area contributed by atoms with Gasteiger partial charge in [0, 0.05) is 13.1 Å². The van der Waals surface area contributed by atoms with Crippen LogP contribution in [0, 0.1) is 0 Å². The fraction of sp³-hybridized carbons (Fsp3) is 0.417. The molecule has 0 aromatic carbocycles. The summed E-state index contributed by atoms with van der Waals surface area (Å²) in [6.07, 6.45) is 0.984. The van der Waals surface area contributed by atoms with Crippen molar-refractivity contribution in [1.82, 2.24) is 14.1 Å². The molecule has 2 aromatic rings. The molecule has 0 unspecified atom stereocenters. The van der Waals surface area contributed by atoms with Crippen LogP contribution in [0.15, 0.2) is 20.7 Å². The fourth-order valence-electron chi connectivity index (χ4n) is 2.22. The third-order valence-corrected chi connectivity index (χ3v) is 4.66. The van der Waals surface area contributed by atoms with Gasteiger partial charge in [-0.2, -0.15) is 8.42 Å². The first kappa shape index (κ1) is 16.2. The van der Waals surface area contributed by atoms with Gasteiger partial charge in [-0.1, -0.05) is 0 Å². The van der Waals surface area contributed by atoms with Gasteiger partial charge in [-0.3, -0.25) is 18.1 Å². The van der Waals surface area contributed by atoms with Crippen LogP contribution < -0.4 is 17.0 Å². The predicted molar refractivity (Wildman–Crippen MR) is 80.2 cm³/mol. The van der Waals surface area contributed by atoms with E-state index in [0.717, 1.165) is 17.9 Å². The number of aryl methyl sites for hydroxylation is 1. The lowest BCUT2D eigenvalue weighted by Gasteiger charge is -2.13. The molecular weight excluding hydrogens is 312 g/mol. The molecule has 2 rings (SSSR count). The third kappa shape index (κ3) is 2.20. The second kappa shape index (κ2) is 5.54. The second-order valence-corrected chi connectivity index (χ2v) is 6.11. The normalized spacial score (nSPS) is 12.0. The largest absolute Gasteiger partial charge is 0.397 e. The third-order valence-electron chi connectivity index (χ3n) is 3.36. The monoisotopic (exact) mass is 328 g/mol. The molecule has 0 aliphatic heterocycles. The Hall–Kier alpha value is -2.20. The number of fused-ring (bicyclic) bond motifs is 1. The van der Waals surface area contributed by atoms with Crippen molar-refractivity contribution < 1.29 is 12.6 Å². The highest BCUT2D eigenvalue weighted by molar-refractivity contribution is 7.87. The first-order chi connectivity index (χ1) is 10.3. The van der Waals surface area contributed by atoms with E-state index >= 15 is 0 Å². The van der Waals surface area contributed by atoms with Gasteiger partial charge < -0.3 is 5.73 Å². The lowest BCUT2D eigenvalue weighted by atomic mass is 10.2. The van der Waals surface area contributed by atoms with Crippen LogP contribution in [-0.4, -0.2) is 29.6 Å². The van der Waals surface area contributed by atoms with Crippen molar-refractivity contribution in [3.8, 4) is 0 Å². The number of anilines is 1. The average Bonchev–Trinajstić information content (AvgIpc) is 2.47. The Balaban J connectivity index is 3.10. The van der Waals surface area contributed by atoms with Crippen molar-refractivity contribution >= 4 is 26.8 Å². The van der Waals surface area contributed by atoms with Crippen LogP contribution in [0.25, 0.3) is 11.0 Å². The Morgan fingerprint density at radius 2 is 1.82 bits per heavy atom. The lowest BCUT2D eigenvalue weighted by Crippen LogP contribution is -2.40. The predicted octanol–water partition coefficient (Wildman–Crippen LogP) is -0.485. The summed E-state index contributed by atoms with van der Waals surface area (Å²) >= 11 is 0. The average molecular weight is 328 g/mol. The molecule has 0 radical (unpaired) electrons. The van der Waals surface area contributed by atoms with Crippen molar-refractivity contribution in [1.29, 1.82) is 0 Å². The highest BCUT2D eigenvalue weighted by Crippen LogP contribution is 2.24. The Morgan fingerprint density at radius 3 is 2.32 bits per heavy atom. The lowest BCUT2D eigenvalue weighted by molar-refractivity contribution is 0.398. The summed E-state index contributed by atoms with van der Waals surface area (Å²) in [4.78, 5) is 28.2. The van der Waals surface area contributed by atoms with E-state index in [9.17, 15) is 18.0 Å². The van der Waals surface area contributed by atoms with E-state index in [1.165, 1.54) is 4.57 Å². The van der Waals surface area contributed by atoms with E-state index in [1.54, 1.807) is 13.8 Å². The first-order valence-corrected chi connectivity index (χ1v) is 7.93. The summed E-state index contributed by atoms with van der Waals surface area (Å²) < 4.78 is 30.3. The van der Waals surface area contributed by atoms with Crippen LogP contribution in [0.4, 0.5) is 5.69 Å². The topological polar surface area (TPSA) is 126 Å². The van der Waals surface area contributed by atoms with Crippen molar-refractivity contribution in [3.63, 3.8) is 0 Å². The van der Waals surface area contributed by atoms with Crippen molar-refractivity contribution in [2.45, 2.75) is 31.8 Å². The zero-order valence-electron chi connectivity index (χ0n) is 12.4. The van der Waals surface area contributed by atoms with Crippen molar-refractivity contribution in [3.05, 3.63) is 27.0 Å². The van der Waals surface area contributed by atoms with Crippen LogP contribution >= 0.6 is 0 Å². The SMILES string of the molecule is CCn1c(=O)c2c(N)c(S(=O)(=O)OC)cnc2n(CC)c1=O. The van der Waals surface area contributed by atoms with Gasteiger partial charge in [0.05, 0.1) is 19.0 Å². The van der Waals surface area contributed by atoms with E-state index < -0.39 is 26.3 Å². The number of hydrogen-bond donors (Lipinski definition) is 1. The number of nitrogens with zero attached hydrogens (tertiary/aromatic N) is 3. The molecule has 0 aliphatic rings. The second-order valence-electron chi connectivity index (χ2n) is 4.43. The summed E-state index contributed by atoms with van der Waals surface area (Å²) in [6.45, 7) is 3.74. The van der Waals surface area contributed by atoms with Gasteiger partial charge in [0.1, 0.15) is 10.3 Å². The molecule has 2 N–H and O–H groups in total. The molecule has 2 heterocycles. The van der Waals surface area contributed by atoms with Crippen LogP contribution in [0.2, 0.25) is 0 Å². The van der Waals surface area contributed by atoms with E-state index in [2.05, 4.69) is 9.17 Å². The molecule has 0 fully saturated rings. The highest BCUT2D eigenvalue weighted by Gasteiger charge is 2.23. The summed E-state index contributed by atoms with van der Waals surface area (Å²) in [7, 11) is -3.13. The van der Waals surface area contributed by atoms with E-state index in [-0.39, 0.29) is 29.8 Å². The molecule has 0 aliphatic carbocycles. The molecule has 10 heteroatoms. The Morgan fingerprint density at radius 1 is 1.23 bits per heavy atom. The molecule has 0 atom stereocenters. The van der Waals surface area contributed by atoms with Crippen molar-refractivity contribution in [2.75, 3.05) is 12.8 Å². The van der Waals surface area contributed by atoms with Crippen LogP contribution in [-0.2, 0) is 27.4 Å². The smallest absolute Gasteiger partial charge is 0.332 e. The molecule has 0 amide bonds. The molecule has 0 bridgehead atoms. The van der Waals surface area contributed by atoms with Crippen LogP contribution in [0.3, 0.4) is 0 Å². The van der Waals surface area contributed by atoms with Gasteiger partial charge in [-0.25, -0.2) is 9.78 Å². The highest BCUT2D eigenvalue weighted by atomic mass is 32.2. The summed E-state index contributed by atoms with van der Waals surface area (Å²) in [6, 6.07) is 0. The van der Waals surface area contributed by atoms with E-state index in [4.69, 9.17) is 5.73 Å². The zero-order chi connectivity index (χ0) is 16.7. The molecule has 0 saturated carbocycles. The number of nitrogen functional groups attached to an aromatic ring is 1. The number of nitrogens with two attached hydrogens (primary N) is 1. The molecule has 0 saturated heterocycles.